The molecule has 0 spiro atoms. The van der Waals surface area contributed by atoms with Crippen molar-refractivity contribution in [2.24, 2.45) is 5.73 Å². The molecule has 1 atom stereocenters. The number of primary amides is 1. The zero-order valence-electron chi connectivity index (χ0n) is 22.4. The summed E-state index contributed by atoms with van der Waals surface area (Å²) in [7, 11) is -3.75. The first-order chi connectivity index (χ1) is 18.1. The summed E-state index contributed by atoms with van der Waals surface area (Å²) in [6.45, 7) is 5.34. The molecule has 3 heterocycles. The summed E-state index contributed by atoms with van der Waals surface area (Å²) >= 11 is 0. The van der Waals surface area contributed by atoms with Crippen LogP contribution in [0.4, 0.5) is 0 Å². The number of nitrogens with zero attached hydrogens (tertiary/aromatic N) is 1. The van der Waals surface area contributed by atoms with Gasteiger partial charge in [-0.05, 0) is 79.0 Å². The Morgan fingerprint density at radius 3 is 2.68 bits per heavy atom. The predicted octanol–water partition coefficient (Wildman–Crippen LogP) is 4.24. The number of aromatic nitrogens is 1. The van der Waals surface area contributed by atoms with Crippen LogP contribution in [0.15, 0.2) is 42.6 Å². The molecule has 2 fully saturated rings. The van der Waals surface area contributed by atoms with Crippen molar-refractivity contribution in [3.8, 4) is 11.1 Å². The van der Waals surface area contributed by atoms with Gasteiger partial charge in [0, 0.05) is 56.4 Å². The van der Waals surface area contributed by atoms with E-state index >= 15 is 0 Å². The SMILES string of the molecule is CCS(C)(=O)(O)N1CCC(c2c[nH]c3c(C(N)=O)cc(-c4cccc(CNCC5CCCO5)c4)cc23)CC1. The molecule has 2 aliphatic heterocycles. The second kappa shape index (κ2) is 10.5. The van der Waals surface area contributed by atoms with Gasteiger partial charge in [0.25, 0.3) is 5.91 Å². The monoisotopic (exact) mass is 540 g/mol. The Morgan fingerprint density at radius 1 is 1.21 bits per heavy atom. The summed E-state index contributed by atoms with van der Waals surface area (Å²) in [5.74, 6) is -0.0147. The number of hydrogen-bond donors (Lipinski definition) is 4. The van der Waals surface area contributed by atoms with E-state index in [0.29, 0.717) is 24.8 Å². The fraction of sp³-hybridized carbons (Fsp3) is 0.483. The highest BCUT2D eigenvalue weighted by Crippen LogP contribution is 2.39. The lowest BCUT2D eigenvalue weighted by molar-refractivity contribution is 0.100. The van der Waals surface area contributed by atoms with Gasteiger partial charge in [0.2, 0.25) is 0 Å². The number of H-pyrrole nitrogens is 1. The van der Waals surface area contributed by atoms with E-state index in [-0.39, 0.29) is 11.7 Å². The van der Waals surface area contributed by atoms with Gasteiger partial charge in [0.05, 0.1) is 17.2 Å². The molecule has 5 rings (SSSR count). The van der Waals surface area contributed by atoms with Gasteiger partial charge in [0.15, 0.2) is 0 Å². The maximum Gasteiger partial charge on any atom is 0.250 e. The van der Waals surface area contributed by atoms with Gasteiger partial charge < -0.3 is 20.8 Å². The molecule has 9 heteroatoms. The van der Waals surface area contributed by atoms with E-state index in [9.17, 15) is 13.6 Å². The number of carbonyl (C=O) groups is 1. The minimum absolute atomic E-state index is 0.225. The molecular weight excluding hydrogens is 500 g/mol. The van der Waals surface area contributed by atoms with Crippen LogP contribution >= 0.6 is 0 Å². The molecule has 8 nitrogen and oxygen atoms in total. The van der Waals surface area contributed by atoms with Crippen molar-refractivity contribution in [2.45, 2.75) is 51.2 Å². The van der Waals surface area contributed by atoms with E-state index in [1.807, 2.05) is 18.3 Å². The molecule has 0 aliphatic carbocycles. The topological polar surface area (TPSA) is 121 Å². The van der Waals surface area contributed by atoms with Crippen molar-refractivity contribution in [2.75, 3.05) is 38.2 Å². The highest BCUT2D eigenvalue weighted by Gasteiger charge is 2.33. The molecule has 2 aliphatic rings. The number of amides is 1. The highest BCUT2D eigenvalue weighted by atomic mass is 32.3. The molecule has 0 radical (unpaired) electrons. The smallest absolute Gasteiger partial charge is 0.250 e. The molecule has 1 unspecified atom stereocenters. The van der Waals surface area contributed by atoms with E-state index in [0.717, 1.165) is 73.0 Å². The number of ether oxygens (including phenoxy) is 1. The summed E-state index contributed by atoms with van der Waals surface area (Å²) in [4.78, 5) is 15.8. The van der Waals surface area contributed by atoms with Crippen molar-refractivity contribution < 1.29 is 18.3 Å². The van der Waals surface area contributed by atoms with Crippen molar-refractivity contribution in [3.05, 3.63) is 59.3 Å². The average molecular weight is 541 g/mol. The molecule has 5 N–H and O–H groups in total. The van der Waals surface area contributed by atoms with Crippen molar-refractivity contribution in [1.29, 1.82) is 0 Å². The van der Waals surface area contributed by atoms with Gasteiger partial charge in [-0.2, -0.15) is 4.21 Å². The zero-order valence-corrected chi connectivity index (χ0v) is 23.2. The van der Waals surface area contributed by atoms with Crippen LogP contribution in [-0.2, 0) is 20.8 Å². The van der Waals surface area contributed by atoms with E-state index in [2.05, 4.69) is 34.6 Å². The van der Waals surface area contributed by atoms with Gasteiger partial charge in [-0.15, -0.1) is 9.53 Å². The molecule has 0 saturated carbocycles. The molecule has 3 aromatic rings. The third-order valence-corrected chi connectivity index (χ3v) is 11.3. The lowest BCUT2D eigenvalue weighted by Gasteiger charge is -2.50. The highest BCUT2D eigenvalue weighted by molar-refractivity contribution is 8.12. The summed E-state index contributed by atoms with van der Waals surface area (Å²) in [5.41, 5.74) is 11.3. The molecule has 38 heavy (non-hydrogen) atoms. The quantitative estimate of drug-likeness (QED) is 0.324. The summed E-state index contributed by atoms with van der Waals surface area (Å²) in [6, 6.07) is 12.4. The Balaban J connectivity index is 1.40. The third kappa shape index (κ3) is 5.58. The maximum absolute atomic E-state index is 13.0. The second-order valence-electron chi connectivity index (χ2n) is 10.9. The minimum atomic E-state index is -3.75. The van der Waals surface area contributed by atoms with Gasteiger partial charge in [-0.1, -0.05) is 18.2 Å². The Labute approximate surface area is 224 Å². The van der Waals surface area contributed by atoms with Gasteiger partial charge >= 0.3 is 0 Å². The Morgan fingerprint density at radius 2 is 2.00 bits per heavy atom. The van der Waals surface area contributed by atoms with Gasteiger partial charge in [0.1, 0.15) is 0 Å². The van der Waals surface area contributed by atoms with Crippen LogP contribution in [0.2, 0.25) is 0 Å². The van der Waals surface area contributed by atoms with Crippen LogP contribution in [0.5, 0.6) is 0 Å². The number of carbonyl (C=O) groups excluding carboxylic acids is 1. The fourth-order valence-electron chi connectivity index (χ4n) is 5.81. The summed E-state index contributed by atoms with van der Waals surface area (Å²) < 4.78 is 31.2. The first kappa shape index (κ1) is 27.0. The molecule has 2 saturated heterocycles. The lowest BCUT2D eigenvalue weighted by atomic mass is 9.88. The van der Waals surface area contributed by atoms with Gasteiger partial charge in [-0.3, -0.25) is 9.35 Å². The number of aromatic amines is 1. The number of fused-ring (bicyclic) bond motifs is 1. The van der Waals surface area contributed by atoms with Crippen LogP contribution in [-0.4, -0.2) is 68.3 Å². The maximum atomic E-state index is 13.0. The number of rotatable bonds is 9. The van der Waals surface area contributed by atoms with Crippen molar-refractivity contribution in [3.63, 3.8) is 0 Å². The van der Waals surface area contributed by atoms with Crippen LogP contribution in [0, 0.1) is 0 Å². The Bertz CT molecular complexity index is 1380. The predicted molar refractivity (Wildman–Crippen MR) is 154 cm³/mol. The average Bonchev–Trinajstić information content (AvgIpc) is 3.58. The second-order valence-corrected chi connectivity index (χ2v) is 14.9. The molecular formula is C29H40N4O4S. The van der Waals surface area contributed by atoms with Crippen LogP contribution in [0.1, 0.15) is 60.0 Å². The fourth-order valence-corrected chi connectivity index (χ4v) is 7.32. The molecule has 206 valence electrons. The normalized spacial score (nSPS) is 20.5. The van der Waals surface area contributed by atoms with E-state index in [1.54, 1.807) is 11.2 Å². The first-order valence-corrected chi connectivity index (χ1v) is 16.1. The van der Waals surface area contributed by atoms with Crippen LogP contribution in [0.3, 0.4) is 0 Å². The number of nitrogens with two attached hydrogens (primary N) is 1. The molecule has 1 aromatic heterocycles. The Hall–Kier alpha value is -2.56. The van der Waals surface area contributed by atoms with E-state index in [4.69, 9.17) is 10.5 Å². The summed E-state index contributed by atoms with van der Waals surface area (Å²) in [6.07, 6.45) is 7.54. The number of piperidine rings is 1. The molecule has 0 bridgehead atoms. The van der Waals surface area contributed by atoms with E-state index in [1.165, 1.54) is 11.8 Å². The number of nitrogens with one attached hydrogen (secondary N) is 2. The standard InChI is InChI=1S/C29H40N4O4S/c1-3-38(2,35,36)33-11-9-21(10-12-33)27-19-32-28-25(27)15-23(16-26(28)29(30)34)22-7-4-6-20(14-22)17-31-18-24-8-5-13-37-24/h4,6-7,14-16,19,21,24,31-32H,3,5,8-13,17-18H2,1-2H3,(H2,30,34)(H,35,36). The summed E-state index contributed by atoms with van der Waals surface area (Å²) in [5, 5.41) is 4.50. The minimum Gasteiger partial charge on any atom is -0.377 e. The van der Waals surface area contributed by atoms with Gasteiger partial charge in [-0.25, -0.2) is 4.31 Å². The first-order valence-electron chi connectivity index (χ1n) is 13.6. The largest absolute Gasteiger partial charge is 0.377 e. The van der Waals surface area contributed by atoms with E-state index < -0.39 is 15.4 Å². The molecule has 2 aromatic carbocycles. The number of benzene rings is 2. The van der Waals surface area contributed by atoms with Crippen molar-refractivity contribution >= 4 is 26.3 Å². The van der Waals surface area contributed by atoms with Crippen LogP contribution in [0.25, 0.3) is 22.0 Å². The zero-order chi connectivity index (χ0) is 26.9. The van der Waals surface area contributed by atoms with Crippen molar-refractivity contribution in [1.82, 2.24) is 14.6 Å². The Kier molecular flexibility index (Phi) is 7.50. The molecule has 1 amide bonds. The third-order valence-electron chi connectivity index (χ3n) is 8.29. The number of hydrogen-bond acceptors (Lipinski definition) is 4. The lowest BCUT2D eigenvalue weighted by Crippen LogP contribution is -2.53. The van der Waals surface area contributed by atoms with Crippen LogP contribution < -0.4 is 11.1 Å².